The quantitative estimate of drug-likeness (QED) is 0.737. The summed E-state index contributed by atoms with van der Waals surface area (Å²) in [6.07, 6.45) is 1.98. The monoisotopic (exact) mass is 253 g/mol. The van der Waals surface area contributed by atoms with E-state index < -0.39 is 0 Å². The van der Waals surface area contributed by atoms with Crippen LogP contribution in [0.15, 0.2) is 41.3 Å². The van der Waals surface area contributed by atoms with E-state index in [0.29, 0.717) is 0 Å². The lowest BCUT2D eigenvalue weighted by Gasteiger charge is -2.10. The molecule has 0 fully saturated rings. The standard InChI is InChI=1S/C15H15N3O/c1-9-7-12(15(19)18-17-9)10(2)13-8-16-14-6-4-3-5-11(13)14/h3-8,10,16H,1-2H3,(H,18,19). The molecule has 1 unspecified atom stereocenters. The van der Waals surface area contributed by atoms with Crippen LogP contribution in [0.1, 0.15) is 29.7 Å². The minimum Gasteiger partial charge on any atom is -0.361 e. The first-order valence-corrected chi connectivity index (χ1v) is 6.29. The Bertz CT molecular complexity index is 785. The molecule has 0 aliphatic heterocycles. The second-order valence-corrected chi connectivity index (χ2v) is 4.81. The fourth-order valence-electron chi connectivity index (χ4n) is 2.47. The van der Waals surface area contributed by atoms with E-state index in [1.54, 1.807) is 0 Å². The van der Waals surface area contributed by atoms with Crippen molar-refractivity contribution >= 4 is 10.9 Å². The normalized spacial score (nSPS) is 12.7. The van der Waals surface area contributed by atoms with Gasteiger partial charge in [-0.1, -0.05) is 25.1 Å². The molecule has 3 rings (SSSR count). The number of hydrogen-bond donors (Lipinski definition) is 2. The second kappa shape index (κ2) is 4.39. The SMILES string of the molecule is Cc1cc(C(C)c2c[nH]c3ccccc23)c(=O)[nH]n1. The van der Waals surface area contributed by atoms with Gasteiger partial charge >= 0.3 is 0 Å². The molecule has 0 radical (unpaired) electrons. The molecular formula is C15H15N3O. The number of rotatable bonds is 2. The number of H-pyrrole nitrogens is 2. The first-order valence-electron chi connectivity index (χ1n) is 6.29. The first kappa shape index (κ1) is 11.7. The summed E-state index contributed by atoms with van der Waals surface area (Å²) in [5, 5.41) is 7.62. The molecule has 2 N–H and O–H groups in total. The average molecular weight is 253 g/mol. The van der Waals surface area contributed by atoms with E-state index in [1.807, 2.05) is 44.3 Å². The predicted octanol–water partition coefficient (Wildman–Crippen LogP) is 2.71. The fourth-order valence-corrected chi connectivity index (χ4v) is 2.47. The zero-order valence-corrected chi connectivity index (χ0v) is 10.9. The Morgan fingerprint density at radius 2 is 2.00 bits per heavy atom. The molecule has 0 aliphatic rings. The zero-order valence-electron chi connectivity index (χ0n) is 10.9. The van der Waals surface area contributed by atoms with Gasteiger partial charge in [0, 0.05) is 28.6 Å². The Balaban J connectivity index is 2.16. The minimum absolute atomic E-state index is 0.0293. The van der Waals surface area contributed by atoms with Crippen LogP contribution in [0.5, 0.6) is 0 Å². The highest BCUT2D eigenvalue weighted by molar-refractivity contribution is 5.84. The van der Waals surface area contributed by atoms with Gasteiger partial charge in [-0.3, -0.25) is 4.79 Å². The summed E-state index contributed by atoms with van der Waals surface area (Å²) in [5.74, 6) is 0.0293. The Morgan fingerprint density at radius 1 is 1.21 bits per heavy atom. The Morgan fingerprint density at radius 3 is 2.84 bits per heavy atom. The lowest BCUT2D eigenvalue weighted by molar-refractivity contribution is 0.847. The molecule has 0 saturated carbocycles. The number of nitrogens with zero attached hydrogens (tertiary/aromatic N) is 1. The van der Waals surface area contributed by atoms with E-state index in [-0.39, 0.29) is 11.5 Å². The Labute approximate surface area is 110 Å². The maximum absolute atomic E-state index is 11.9. The van der Waals surface area contributed by atoms with Crippen LogP contribution in [-0.2, 0) is 0 Å². The van der Waals surface area contributed by atoms with Crippen LogP contribution in [0.3, 0.4) is 0 Å². The van der Waals surface area contributed by atoms with Crippen molar-refractivity contribution in [3.63, 3.8) is 0 Å². The molecule has 0 bridgehead atoms. The van der Waals surface area contributed by atoms with Crippen molar-refractivity contribution in [2.75, 3.05) is 0 Å². The van der Waals surface area contributed by atoms with E-state index in [9.17, 15) is 4.79 Å². The molecule has 19 heavy (non-hydrogen) atoms. The molecule has 0 aliphatic carbocycles. The number of fused-ring (bicyclic) bond motifs is 1. The maximum atomic E-state index is 11.9. The molecule has 0 saturated heterocycles. The minimum atomic E-state index is -0.122. The van der Waals surface area contributed by atoms with E-state index in [1.165, 1.54) is 0 Å². The van der Waals surface area contributed by atoms with Crippen LogP contribution in [-0.4, -0.2) is 15.2 Å². The molecule has 96 valence electrons. The molecule has 3 aromatic rings. The van der Waals surface area contributed by atoms with Crippen molar-refractivity contribution in [2.45, 2.75) is 19.8 Å². The largest absolute Gasteiger partial charge is 0.361 e. The van der Waals surface area contributed by atoms with Crippen molar-refractivity contribution < 1.29 is 0 Å². The number of para-hydroxylation sites is 1. The van der Waals surface area contributed by atoms with E-state index in [0.717, 1.165) is 27.7 Å². The van der Waals surface area contributed by atoms with E-state index in [4.69, 9.17) is 0 Å². The third kappa shape index (κ3) is 1.95. The smallest absolute Gasteiger partial charge is 0.267 e. The van der Waals surface area contributed by atoms with Gasteiger partial charge in [0.05, 0.1) is 5.69 Å². The molecule has 2 heterocycles. The van der Waals surface area contributed by atoms with Crippen LogP contribution >= 0.6 is 0 Å². The molecule has 4 heteroatoms. The van der Waals surface area contributed by atoms with Crippen LogP contribution in [0.4, 0.5) is 0 Å². The van der Waals surface area contributed by atoms with E-state index >= 15 is 0 Å². The van der Waals surface area contributed by atoms with Gasteiger partial charge in [-0.2, -0.15) is 5.10 Å². The lowest BCUT2D eigenvalue weighted by atomic mass is 9.94. The molecule has 0 spiro atoms. The number of aromatic amines is 2. The van der Waals surface area contributed by atoms with Crippen molar-refractivity contribution in [3.8, 4) is 0 Å². The molecule has 1 atom stereocenters. The zero-order chi connectivity index (χ0) is 13.4. The van der Waals surface area contributed by atoms with E-state index in [2.05, 4.69) is 21.2 Å². The van der Waals surface area contributed by atoms with Gasteiger partial charge in [-0.05, 0) is 24.6 Å². The van der Waals surface area contributed by atoms with Crippen molar-refractivity contribution in [1.29, 1.82) is 0 Å². The van der Waals surface area contributed by atoms with Crippen molar-refractivity contribution in [2.24, 2.45) is 0 Å². The van der Waals surface area contributed by atoms with Crippen molar-refractivity contribution in [3.05, 3.63) is 63.7 Å². The van der Waals surface area contributed by atoms with Gasteiger partial charge in [0.25, 0.3) is 5.56 Å². The Kier molecular flexibility index (Phi) is 2.71. The van der Waals surface area contributed by atoms with Crippen LogP contribution in [0.25, 0.3) is 10.9 Å². The van der Waals surface area contributed by atoms with Gasteiger partial charge in [0.2, 0.25) is 0 Å². The highest BCUT2D eigenvalue weighted by Crippen LogP contribution is 2.28. The highest BCUT2D eigenvalue weighted by Gasteiger charge is 2.16. The van der Waals surface area contributed by atoms with Gasteiger partial charge < -0.3 is 4.98 Å². The van der Waals surface area contributed by atoms with Gasteiger partial charge in [0.1, 0.15) is 0 Å². The second-order valence-electron chi connectivity index (χ2n) is 4.81. The number of aryl methyl sites for hydroxylation is 1. The van der Waals surface area contributed by atoms with Gasteiger partial charge in [-0.15, -0.1) is 0 Å². The lowest BCUT2D eigenvalue weighted by Crippen LogP contribution is -2.17. The van der Waals surface area contributed by atoms with Crippen LogP contribution < -0.4 is 5.56 Å². The average Bonchev–Trinajstić information content (AvgIpc) is 2.84. The van der Waals surface area contributed by atoms with Crippen LogP contribution in [0.2, 0.25) is 0 Å². The molecule has 2 aromatic heterocycles. The summed E-state index contributed by atoms with van der Waals surface area (Å²) in [6, 6.07) is 9.96. The topological polar surface area (TPSA) is 61.5 Å². The molecule has 1 aromatic carbocycles. The van der Waals surface area contributed by atoms with Gasteiger partial charge in [0.15, 0.2) is 0 Å². The maximum Gasteiger partial charge on any atom is 0.267 e. The Hall–Kier alpha value is -2.36. The summed E-state index contributed by atoms with van der Waals surface area (Å²) >= 11 is 0. The number of aromatic nitrogens is 3. The summed E-state index contributed by atoms with van der Waals surface area (Å²) in [5.41, 5.74) is 3.67. The molecule has 0 amide bonds. The fraction of sp³-hybridized carbons (Fsp3) is 0.200. The number of hydrogen-bond acceptors (Lipinski definition) is 2. The summed E-state index contributed by atoms with van der Waals surface area (Å²) in [6.45, 7) is 3.92. The summed E-state index contributed by atoms with van der Waals surface area (Å²) < 4.78 is 0. The molecule has 4 nitrogen and oxygen atoms in total. The third-order valence-corrected chi connectivity index (χ3v) is 3.51. The van der Waals surface area contributed by atoms with Crippen LogP contribution in [0, 0.1) is 6.92 Å². The summed E-state index contributed by atoms with van der Waals surface area (Å²) in [7, 11) is 0. The molecular weight excluding hydrogens is 238 g/mol. The number of nitrogens with one attached hydrogen (secondary N) is 2. The number of benzene rings is 1. The third-order valence-electron chi connectivity index (χ3n) is 3.51. The highest BCUT2D eigenvalue weighted by atomic mass is 16.1. The van der Waals surface area contributed by atoms with Crippen molar-refractivity contribution in [1.82, 2.24) is 15.2 Å². The predicted molar refractivity (Wildman–Crippen MR) is 75.4 cm³/mol. The first-order chi connectivity index (χ1) is 9.16. The summed E-state index contributed by atoms with van der Waals surface area (Å²) in [4.78, 5) is 15.2. The van der Waals surface area contributed by atoms with Gasteiger partial charge in [-0.25, -0.2) is 5.10 Å².